The van der Waals surface area contributed by atoms with Crippen LogP contribution in [0.5, 0.6) is 0 Å². The van der Waals surface area contributed by atoms with Crippen molar-refractivity contribution in [2.45, 2.75) is 0 Å². The highest BCUT2D eigenvalue weighted by Crippen LogP contribution is 2.40. The number of rotatable bonds is 3. The molecule has 1 N–H and O–H groups in total. The molecule has 0 amide bonds. The lowest BCUT2D eigenvalue weighted by atomic mass is 10.8. The third-order valence-electron chi connectivity index (χ3n) is 0.571. The minimum atomic E-state index is -3.65. The topological polar surface area (TPSA) is 55.8 Å². The standard InChI is InChI=1S/C3H5Cl.C2H7O4P/c1-2-3-4;1-5-7(3,4)6-2/h2H,1,3H2;1-2H3,(H,3,4). The minimum Gasteiger partial charge on any atom is -0.303 e. The lowest BCUT2D eigenvalue weighted by Crippen LogP contribution is -1.83. The Bertz CT molecular complexity index is 130. The third-order valence-corrected chi connectivity index (χ3v) is 1.71. The predicted molar refractivity (Wildman–Crippen MR) is 44.8 cm³/mol. The first-order chi connectivity index (χ1) is 5.04. The van der Waals surface area contributed by atoms with E-state index in [0.717, 1.165) is 14.2 Å². The van der Waals surface area contributed by atoms with Crippen molar-refractivity contribution >= 4 is 19.4 Å². The van der Waals surface area contributed by atoms with Crippen LogP contribution in [0.25, 0.3) is 0 Å². The van der Waals surface area contributed by atoms with E-state index in [-0.39, 0.29) is 0 Å². The molecule has 0 saturated carbocycles. The SMILES string of the molecule is C=CCCl.COP(=O)(O)OC. The molecule has 4 nitrogen and oxygen atoms in total. The summed E-state index contributed by atoms with van der Waals surface area (Å²) in [5.74, 6) is 0.556. The first-order valence-electron chi connectivity index (χ1n) is 2.65. The largest absolute Gasteiger partial charge is 0.471 e. The quantitative estimate of drug-likeness (QED) is 0.431. The predicted octanol–water partition coefficient (Wildman–Crippen LogP) is 1.79. The Hall–Kier alpha value is 0.140. The normalized spacial score (nSPS) is 9.82. The van der Waals surface area contributed by atoms with Crippen molar-refractivity contribution in [2.24, 2.45) is 0 Å². The van der Waals surface area contributed by atoms with Gasteiger partial charge in [0.25, 0.3) is 0 Å². The van der Waals surface area contributed by atoms with Crippen LogP contribution in [0, 0.1) is 0 Å². The Morgan fingerprint density at radius 3 is 1.91 bits per heavy atom. The van der Waals surface area contributed by atoms with Crippen LogP contribution < -0.4 is 0 Å². The van der Waals surface area contributed by atoms with Gasteiger partial charge in [-0.3, -0.25) is 9.05 Å². The van der Waals surface area contributed by atoms with Gasteiger partial charge >= 0.3 is 7.82 Å². The summed E-state index contributed by atoms with van der Waals surface area (Å²) in [6.07, 6.45) is 1.64. The molecule has 68 valence electrons. The minimum absolute atomic E-state index is 0.556. The van der Waals surface area contributed by atoms with Crippen molar-refractivity contribution in [3.8, 4) is 0 Å². The zero-order valence-electron chi connectivity index (χ0n) is 6.49. The second-order valence-corrected chi connectivity index (χ2v) is 3.25. The van der Waals surface area contributed by atoms with E-state index in [1.165, 1.54) is 0 Å². The van der Waals surface area contributed by atoms with Crippen molar-refractivity contribution in [3.63, 3.8) is 0 Å². The molecule has 0 unspecified atom stereocenters. The molecule has 0 spiro atoms. The molecule has 0 aromatic rings. The van der Waals surface area contributed by atoms with Crippen molar-refractivity contribution in [1.29, 1.82) is 0 Å². The molecule has 0 atom stereocenters. The molecular weight excluding hydrogens is 190 g/mol. The molecule has 11 heavy (non-hydrogen) atoms. The first-order valence-corrected chi connectivity index (χ1v) is 4.68. The lowest BCUT2D eigenvalue weighted by Gasteiger charge is -2.01. The monoisotopic (exact) mass is 202 g/mol. The van der Waals surface area contributed by atoms with Gasteiger partial charge < -0.3 is 4.89 Å². The second-order valence-electron chi connectivity index (χ2n) is 1.28. The molecule has 0 aliphatic carbocycles. The highest BCUT2D eigenvalue weighted by molar-refractivity contribution is 7.47. The fraction of sp³-hybridized carbons (Fsp3) is 0.600. The number of phosphoric acid groups is 1. The Kier molecular flexibility index (Phi) is 10.3. The van der Waals surface area contributed by atoms with E-state index in [0.29, 0.717) is 5.88 Å². The average Bonchev–Trinajstić information content (AvgIpc) is 2.05. The molecule has 0 aromatic carbocycles. The molecular formula is C5H12ClO4P. The van der Waals surface area contributed by atoms with Crippen LogP contribution in [0.2, 0.25) is 0 Å². The highest BCUT2D eigenvalue weighted by Gasteiger charge is 2.13. The molecule has 0 saturated heterocycles. The molecule has 6 heteroatoms. The Labute approximate surface area is 71.4 Å². The Morgan fingerprint density at radius 2 is 1.91 bits per heavy atom. The van der Waals surface area contributed by atoms with E-state index in [1.807, 2.05) is 0 Å². The van der Waals surface area contributed by atoms with Crippen molar-refractivity contribution in [2.75, 3.05) is 20.1 Å². The number of hydrogen-bond donors (Lipinski definition) is 1. The zero-order chi connectivity index (χ0) is 9.33. The molecule has 0 fully saturated rings. The fourth-order valence-corrected chi connectivity index (χ4v) is 0.224. The van der Waals surface area contributed by atoms with Crippen molar-refractivity contribution < 1.29 is 18.5 Å². The van der Waals surface area contributed by atoms with Crippen LogP contribution in [0.4, 0.5) is 0 Å². The summed E-state index contributed by atoms with van der Waals surface area (Å²) in [7, 11) is -1.45. The van der Waals surface area contributed by atoms with Gasteiger partial charge in [-0.05, 0) is 0 Å². The number of phosphoric ester groups is 1. The summed E-state index contributed by atoms with van der Waals surface area (Å²) in [5.41, 5.74) is 0. The fourth-order valence-electron chi connectivity index (χ4n) is 0.0745. The van der Waals surface area contributed by atoms with Crippen LogP contribution in [-0.2, 0) is 13.6 Å². The van der Waals surface area contributed by atoms with Crippen LogP contribution in [-0.4, -0.2) is 25.0 Å². The van der Waals surface area contributed by atoms with Crippen LogP contribution >= 0.6 is 19.4 Å². The molecule has 0 heterocycles. The molecule has 0 rings (SSSR count). The summed E-state index contributed by atoms with van der Waals surface area (Å²) >= 11 is 5.07. The van der Waals surface area contributed by atoms with Crippen molar-refractivity contribution in [1.82, 2.24) is 0 Å². The molecule has 0 aliphatic heterocycles. The molecule has 0 bridgehead atoms. The Balaban J connectivity index is 0. The smallest absolute Gasteiger partial charge is 0.303 e. The maximum atomic E-state index is 10.1. The first kappa shape index (κ1) is 13.7. The van der Waals surface area contributed by atoms with E-state index in [1.54, 1.807) is 6.08 Å². The highest BCUT2D eigenvalue weighted by atomic mass is 35.5. The lowest BCUT2D eigenvalue weighted by molar-refractivity contribution is 0.204. The summed E-state index contributed by atoms with van der Waals surface area (Å²) in [6, 6.07) is 0. The third kappa shape index (κ3) is 13.2. The van der Waals surface area contributed by atoms with Gasteiger partial charge in [0.1, 0.15) is 0 Å². The molecule has 0 aliphatic rings. The summed E-state index contributed by atoms with van der Waals surface area (Å²) in [4.78, 5) is 8.24. The van der Waals surface area contributed by atoms with E-state index in [4.69, 9.17) is 16.5 Å². The van der Waals surface area contributed by atoms with E-state index >= 15 is 0 Å². The van der Waals surface area contributed by atoms with Gasteiger partial charge in [-0.2, -0.15) is 0 Å². The summed E-state index contributed by atoms with van der Waals surface area (Å²) < 4.78 is 18.0. The number of hydrogen-bond acceptors (Lipinski definition) is 3. The molecule has 0 aromatic heterocycles. The van der Waals surface area contributed by atoms with Gasteiger partial charge in [0.15, 0.2) is 0 Å². The van der Waals surface area contributed by atoms with Crippen LogP contribution in [0.3, 0.4) is 0 Å². The van der Waals surface area contributed by atoms with Crippen molar-refractivity contribution in [3.05, 3.63) is 12.7 Å². The van der Waals surface area contributed by atoms with Gasteiger partial charge in [-0.25, -0.2) is 4.57 Å². The van der Waals surface area contributed by atoms with Gasteiger partial charge in [-0.1, -0.05) is 6.08 Å². The van der Waals surface area contributed by atoms with Gasteiger partial charge in [-0.15, -0.1) is 18.2 Å². The second kappa shape index (κ2) is 8.24. The van der Waals surface area contributed by atoms with Crippen LogP contribution in [0.1, 0.15) is 0 Å². The van der Waals surface area contributed by atoms with Gasteiger partial charge in [0.05, 0.1) is 0 Å². The average molecular weight is 203 g/mol. The number of halogens is 1. The Morgan fingerprint density at radius 1 is 1.64 bits per heavy atom. The van der Waals surface area contributed by atoms with Crippen LogP contribution in [0.15, 0.2) is 12.7 Å². The van der Waals surface area contributed by atoms with E-state index < -0.39 is 7.82 Å². The van der Waals surface area contributed by atoms with E-state index in [9.17, 15) is 4.57 Å². The zero-order valence-corrected chi connectivity index (χ0v) is 8.14. The number of allylic oxidation sites excluding steroid dienone is 1. The van der Waals surface area contributed by atoms with E-state index in [2.05, 4.69) is 15.6 Å². The maximum Gasteiger partial charge on any atom is 0.471 e. The molecule has 0 radical (unpaired) electrons. The summed E-state index contributed by atoms with van der Waals surface area (Å²) in [6.45, 7) is 3.35. The van der Waals surface area contributed by atoms with Gasteiger partial charge in [0.2, 0.25) is 0 Å². The number of alkyl halides is 1. The van der Waals surface area contributed by atoms with Gasteiger partial charge in [0, 0.05) is 20.1 Å². The maximum absolute atomic E-state index is 10.1. The summed E-state index contributed by atoms with van der Waals surface area (Å²) in [5, 5.41) is 0.